The minimum atomic E-state index is -0.442. The van der Waals surface area contributed by atoms with Crippen LogP contribution in [0.2, 0.25) is 0 Å². The number of nitro benzene ring substituents is 1. The van der Waals surface area contributed by atoms with Gasteiger partial charge in [0, 0.05) is 30.8 Å². The molecule has 0 saturated carbocycles. The zero-order valence-corrected chi connectivity index (χ0v) is 13.4. The molecule has 0 bridgehead atoms. The third-order valence-corrected chi connectivity index (χ3v) is 3.98. The number of nitro groups is 1. The van der Waals surface area contributed by atoms with E-state index in [9.17, 15) is 14.9 Å². The first-order chi connectivity index (χ1) is 9.99. The predicted octanol–water partition coefficient (Wildman–Crippen LogP) is 2.29. The van der Waals surface area contributed by atoms with Crippen LogP contribution in [0, 0.1) is 10.1 Å². The quantitative estimate of drug-likeness (QED) is 0.678. The Kier molecular flexibility index (Phi) is 6.77. The molecule has 1 aromatic carbocycles. The Morgan fingerprint density at radius 1 is 1.41 bits per heavy atom. The summed E-state index contributed by atoms with van der Waals surface area (Å²) in [7, 11) is 0. The molecule has 2 unspecified atom stereocenters. The Morgan fingerprint density at radius 3 is 2.59 bits per heavy atom. The monoisotopic (exact) mass is 327 g/mol. The largest absolute Gasteiger partial charge is 0.338 e. The second kappa shape index (κ2) is 8.10. The van der Waals surface area contributed by atoms with Gasteiger partial charge >= 0.3 is 0 Å². The summed E-state index contributed by atoms with van der Waals surface area (Å²) in [6.45, 7) is 2.68. The molecule has 1 heterocycles. The summed E-state index contributed by atoms with van der Waals surface area (Å²) < 4.78 is 0. The third kappa shape index (κ3) is 4.42. The summed E-state index contributed by atoms with van der Waals surface area (Å²) in [4.78, 5) is 24.5. The maximum absolute atomic E-state index is 12.4. The maximum atomic E-state index is 12.4. The standard InChI is InChI=1S/C15H21N3O3.ClH/c1-11(16)14-4-2-3-9-17(14)15(19)10-12-5-7-13(8-6-12)18(20)21;/h5-8,11,14H,2-4,9-10,16H2,1H3;1H. The normalized spacial score (nSPS) is 19.2. The van der Waals surface area contributed by atoms with E-state index in [4.69, 9.17) is 5.73 Å². The van der Waals surface area contributed by atoms with E-state index in [0.717, 1.165) is 31.4 Å². The van der Waals surface area contributed by atoms with Gasteiger partial charge in [-0.1, -0.05) is 12.1 Å². The van der Waals surface area contributed by atoms with E-state index in [1.165, 1.54) is 12.1 Å². The van der Waals surface area contributed by atoms with Crippen molar-refractivity contribution in [2.45, 2.75) is 44.7 Å². The number of non-ortho nitro benzene ring substituents is 1. The van der Waals surface area contributed by atoms with E-state index in [0.29, 0.717) is 0 Å². The van der Waals surface area contributed by atoms with Gasteiger partial charge in [-0.2, -0.15) is 0 Å². The molecular formula is C15H22ClN3O3. The van der Waals surface area contributed by atoms with E-state index >= 15 is 0 Å². The van der Waals surface area contributed by atoms with Gasteiger partial charge in [-0.25, -0.2) is 0 Å². The number of benzene rings is 1. The fourth-order valence-corrected chi connectivity index (χ4v) is 2.83. The van der Waals surface area contributed by atoms with Crippen molar-refractivity contribution in [3.05, 3.63) is 39.9 Å². The zero-order chi connectivity index (χ0) is 15.4. The molecular weight excluding hydrogens is 306 g/mol. The smallest absolute Gasteiger partial charge is 0.269 e. The molecule has 6 nitrogen and oxygen atoms in total. The van der Waals surface area contributed by atoms with Crippen molar-refractivity contribution in [3.63, 3.8) is 0 Å². The molecule has 7 heteroatoms. The highest BCUT2D eigenvalue weighted by atomic mass is 35.5. The summed E-state index contributed by atoms with van der Waals surface area (Å²) in [6.07, 6.45) is 3.33. The van der Waals surface area contributed by atoms with Crippen molar-refractivity contribution in [3.8, 4) is 0 Å². The molecule has 1 fully saturated rings. The molecule has 2 rings (SSSR count). The summed E-state index contributed by atoms with van der Waals surface area (Å²) in [5, 5.41) is 10.6. The Labute approximate surface area is 136 Å². The molecule has 1 aliphatic rings. The van der Waals surface area contributed by atoms with E-state index in [1.54, 1.807) is 12.1 Å². The lowest BCUT2D eigenvalue weighted by Crippen LogP contribution is -2.52. The first-order valence-electron chi connectivity index (χ1n) is 7.27. The summed E-state index contributed by atoms with van der Waals surface area (Å²) in [5.74, 6) is 0.0471. The number of nitrogens with two attached hydrogens (primary N) is 1. The lowest BCUT2D eigenvalue weighted by molar-refractivity contribution is -0.384. The molecule has 2 atom stereocenters. The van der Waals surface area contributed by atoms with Crippen molar-refractivity contribution in [2.75, 3.05) is 6.54 Å². The molecule has 22 heavy (non-hydrogen) atoms. The van der Waals surface area contributed by atoms with Gasteiger partial charge in [-0.05, 0) is 31.7 Å². The highest BCUT2D eigenvalue weighted by Gasteiger charge is 2.28. The highest BCUT2D eigenvalue weighted by molar-refractivity contribution is 5.85. The van der Waals surface area contributed by atoms with Gasteiger partial charge in [-0.15, -0.1) is 12.4 Å². The summed E-state index contributed by atoms with van der Waals surface area (Å²) in [5.41, 5.74) is 6.80. The summed E-state index contributed by atoms with van der Waals surface area (Å²) in [6, 6.07) is 6.21. The van der Waals surface area contributed by atoms with Crippen LogP contribution in [-0.4, -0.2) is 34.4 Å². The van der Waals surface area contributed by atoms with Crippen LogP contribution in [0.4, 0.5) is 5.69 Å². The van der Waals surface area contributed by atoms with Crippen LogP contribution in [0.15, 0.2) is 24.3 Å². The number of likely N-dealkylation sites (tertiary alicyclic amines) is 1. The SMILES string of the molecule is CC(N)C1CCCCN1C(=O)Cc1ccc([N+](=O)[O-])cc1.Cl. The molecule has 0 aromatic heterocycles. The fourth-order valence-electron chi connectivity index (χ4n) is 2.83. The van der Waals surface area contributed by atoms with Gasteiger partial charge in [0.25, 0.3) is 5.69 Å². The third-order valence-electron chi connectivity index (χ3n) is 3.98. The lowest BCUT2D eigenvalue weighted by Gasteiger charge is -2.38. The Balaban J connectivity index is 0.00000242. The van der Waals surface area contributed by atoms with E-state index in [1.807, 2.05) is 11.8 Å². The second-order valence-electron chi connectivity index (χ2n) is 5.61. The zero-order valence-electron chi connectivity index (χ0n) is 12.6. The molecule has 1 aromatic rings. The number of rotatable bonds is 4. The van der Waals surface area contributed by atoms with Crippen molar-refractivity contribution >= 4 is 24.0 Å². The van der Waals surface area contributed by atoms with Crippen LogP contribution in [0.5, 0.6) is 0 Å². The van der Waals surface area contributed by atoms with Gasteiger partial charge < -0.3 is 10.6 Å². The second-order valence-corrected chi connectivity index (χ2v) is 5.61. The van der Waals surface area contributed by atoms with E-state index in [2.05, 4.69) is 0 Å². The van der Waals surface area contributed by atoms with E-state index < -0.39 is 4.92 Å². The first kappa shape index (κ1) is 18.4. The van der Waals surface area contributed by atoms with Gasteiger partial charge in [0.05, 0.1) is 11.3 Å². The number of carbonyl (C=O) groups excluding carboxylic acids is 1. The Morgan fingerprint density at radius 2 is 2.05 bits per heavy atom. The van der Waals surface area contributed by atoms with Gasteiger partial charge in [0.1, 0.15) is 0 Å². The van der Waals surface area contributed by atoms with Crippen LogP contribution in [0.1, 0.15) is 31.7 Å². The number of carbonyl (C=O) groups is 1. The van der Waals surface area contributed by atoms with Crippen LogP contribution >= 0.6 is 12.4 Å². The molecule has 122 valence electrons. The highest BCUT2D eigenvalue weighted by Crippen LogP contribution is 2.21. The minimum absolute atomic E-state index is 0. The van der Waals surface area contributed by atoms with Gasteiger partial charge in [-0.3, -0.25) is 14.9 Å². The predicted molar refractivity (Wildman–Crippen MR) is 87.0 cm³/mol. The number of hydrogen-bond acceptors (Lipinski definition) is 4. The van der Waals surface area contributed by atoms with Crippen LogP contribution in [0.25, 0.3) is 0 Å². The number of halogens is 1. The van der Waals surface area contributed by atoms with Crippen molar-refractivity contribution in [1.82, 2.24) is 4.90 Å². The molecule has 0 aliphatic carbocycles. The van der Waals surface area contributed by atoms with Crippen LogP contribution < -0.4 is 5.73 Å². The molecule has 1 aliphatic heterocycles. The Hall–Kier alpha value is -1.66. The average Bonchev–Trinajstić information content (AvgIpc) is 2.47. The van der Waals surface area contributed by atoms with Crippen molar-refractivity contribution < 1.29 is 9.72 Å². The van der Waals surface area contributed by atoms with E-state index in [-0.39, 0.29) is 42.5 Å². The average molecular weight is 328 g/mol. The molecule has 1 saturated heterocycles. The van der Waals surface area contributed by atoms with Gasteiger partial charge in [0.15, 0.2) is 0 Å². The van der Waals surface area contributed by atoms with Crippen molar-refractivity contribution in [2.24, 2.45) is 5.73 Å². The first-order valence-corrected chi connectivity index (χ1v) is 7.27. The number of piperidine rings is 1. The fraction of sp³-hybridized carbons (Fsp3) is 0.533. The molecule has 2 N–H and O–H groups in total. The number of nitrogens with zero attached hydrogens (tertiary/aromatic N) is 2. The van der Waals surface area contributed by atoms with Gasteiger partial charge in [0.2, 0.25) is 5.91 Å². The molecule has 0 radical (unpaired) electrons. The number of amides is 1. The molecule has 1 amide bonds. The van der Waals surface area contributed by atoms with Crippen molar-refractivity contribution in [1.29, 1.82) is 0 Å². The van der Waals surface area contributed by atoms with Crippen LogP contribution in [-0.2, 0) is 11.2 Å². The van der Waals surface area contributed by atoms with Crippen LogP contribution in [0.3, 0.4) is 0 Å². The maximum Gasteiger partial charge on any atom is 0.269 e. The summed E-state index contributed by atoms with van der Waals surface area (Å²) >= 11 is 0. The topological polar surface area (TPSA) is 89.5 Å². The number of hydrogen-bond donors (Lipinski definition) is 1. The molecule has 0 spiro atoms. The minimum Gasteiger partial charge on any atom is -0.338 e. The Bertz CT molecular complexity index is 519. The lowest BCUT2D eigenvalue weighted by atomic mass is 9.96.